The largest absolute Gasteiger partial charge is 0.493 e. The molecule has 0 fully saturated rings. The molecule has 1 heterocycles. The second-order valence-electron chi connectivity index (χ2n) is 12.1. The lowest BCUT2D eigenvalue weighted by atomic mass is 10.0. The number of nitrogens with one attached hydrogen (secondary N) is 1. The molecule has 11 heteroatoms. The van der Waals surface area contributed by atoms with Gasteiger partial charge in [-0.3, -0.25) is 14.4 Å². The van der Waals surface area contributed by atoms with Gasteiger partial charge in [0.05, 0.1) is 20.6 Å². The number of carbonyl (C=O) groups is 3. The summed E-state index contributed by atoms with van der Waals surface area (Å²) in [7, 11) is 3.07. The highest BCUT2D eigenvalue weighted by Gasteiger charge is 2.20. The van der Waals surface area contributed by atoms with Gasteiger partial charge in [0.2, 0.25) is 11.7 Å². The molecular weight excluding hydrogens is 660 g/mol. The number of hydrogen-bond acceptors (Lipinski definition) is 8. The first kappa shape index (κ1) is 35.1. The van der Waals surface area contributed by atoms with Crippen molar-refractivity contribution in [1.82, 2.24) is 15.0 Å². The topological polar surface area (TPSA) is 144 Å². The fourth-order valence-electron chi connectivity index (χ4n) is 5.61. The number of ether oxygens (including phenoxy) is 2. The van der Waals surface area contributed by atoms with Gasteiger partial charge >= 0.3 is 5.97 Å². The summed E-state index contributed by atoms with van der Waals surface area (Å²) in [5, 5.41) is 16.5. The SMILES string of the molecule is COc1ccc(CC(=O)Nc2ccc(C(=O)N(CC(=O)O)Cc3ccc(-c4noc(-c5ccc(-c6ccc(C)cc6)cc5)n4)cc3)cc2)cc1OC. The highest BCUT2D eigenvalue weighted by atomic mass is 16.5. The molecule has 0 saturated carbocycles. The number of amides is 2. The third kappa shape index (κ3) is 8.51. The Hall–Kier alpha value is -6.75. The van der Waals surface area contributed by atoms with E-state index in [2.05, 4.69) is 46.6 Å². The molecule has 0 unspecified atom stereocenters. The normalized spacial score (nSPS) is 10.8. The summed E-state index contributed by atoms with van der Waals surface area (Å²) in [6, 6.07) is 35.0. The summed E-state index contributed by atoms with van der Waals surface area (Å²) in [5.74, 6) is 0.00782. The van der Waals surface area contributed by atoms with E-state index in [1.165, 1.54) is 24.7 Å². The van der Waals surface area contributed by atoms with Crippen LogP contribution in [0.3, 0.4) is 0 Å². The van der Waals surface area contributed by atoms with Gasteiger partial charge in [-0.2, -0.15) is 4.98 Å². The van der Waals surface area contributed by atoms with Crippen LogP contribution in [-0.4, -0.2) is 58.7 Å². The number of anilines is 1. The van der Waals surface area contributed by atoms with Crippen LogP contribution in [0.2, 0.25) is 0 Å². The molecule has 0 radical (unpaired) electrons. The van der Waals surface area contributed by atoms with Gasteiger partial charge in [-0.15, -0.1) is 0 Å². The van der Waals surface area contributed by atoms with Gasteiger partial charge in [0.15, 0.2) is 11.5 Å². The second-order valence-corrected chi connectivity index (χ2v) is 12.1. The van der Waals surface area contributed by atoms with Crippen LogP contribution in [0.15, 0.2) is 120 Å². The molecule has 0 saturated heterocycles. The number of aryl methyl sites for hydroxylation is 1. The first-order valence-corrected chi connectivity index (χ1v) is 16.4. The van der Waals surface area contributed by atoms with Crippen molar-refractivity contribution in [1.29, 1.82) is 0 Å². The van der Waals surface area contributed by atoms with Crippen molar-refractivity contribution in [2.45, 2.75) is 19.9 Å². The van der Waals surface area contributed by atoms with E-state index in [-0.39, 0.29) is 24.4 Å². The monoisotopic (exact) mass is 696 g/mol. The van der Waals surface area contributed by atoms with E-state index >= 15 is 0 Å². The Morgan fingerprint density at radius 2 is 1.33 bits per heavy atom. The molecule has 0 atom stereocenters. The molecule has 262 valence electrons. The highest BCUT2D eigenvalue weighted by molar-refractivity contribution is 5.97. The van der Waals surface area contributed by atoms with E-state index in [9.17, 15) is 19.5 Å². The van der Waals surface area contributed by atoms with E-state index in [0.29, 0.717) is 40.0 Å². The minimum absolute atomic E-state index is 0.0556. The van der Waals surface area contributed by atoms with Crippen molar-refractivity contribution in [3.05, 3.63) is 138 Å². The number of carboxylic acid groups (broad SMARTS) is 1. The quantitative estimate of drug-likeness (QED) is 0.127. The maximum Gasteiger partial charge on any atom is 0.323 e. The van der Waals surface area contributed by atoms with E-state index in [1.807, 2.05) is 24.3 Å². The maximum absolute atomic E-state index is 13.4. The van der Waals surface area contributed by atoms with Crippen LogP contribution in [0.1, 0.15) is 27.0 Å². The molecule has 52 heavy (non-hydrogen) atoms. The third-order valence-electron chi connectivity index (χ3n) is 8.37. The number of nitrogens with zero attached hydrogens (tertiary/aromatic N) is 3. The first-order chi connectivity index (χ1) is 25.2. The number of aromatic nitrogens is 2. The molecule has 2 N–H and O–H groups in total. The Morgan fingerprint density at radius 3 is 1.96 bits per heavy atom. The Balaban J connectivity index is 1.08. The van der Waals surface area contributed by atoms with E-state index in [4.69, 9.17) is 14.0 Å². The van der Waals surface area contributed by atoms with Crippen LogP contribution in [0, 0.1) is 6.92 Å². The molecule has 2 amide bonds. The van der Waals surface area contributed by atoms with Crippen molar-refractivity contribution < 1.29 is 33.5 Å². The Labute approximate surface area is 300 Å². The predicted octanol–water partition coefficient (Wildman–Crippen LogP) is 7.30. The van der Waals surface area contributed by atoms with Gasteiger partial charge in [0.25, 0.3) is 11.8 Å². The fourth-order valence-corrected chi connectivity index (χ4v) is 5.61. The second kappa shape index (κ2) is 15.9. The zero-order valence-corrected chi connectivity index (χ0v) is 28.8. The number of carboxylic acids is 1. The number of methoxy groups -OCH3 is 2. The molecule has 1 aromatic heterocycles. The standard InChI is InChI=1S/C41H36N4O7/c1-26-4-9-29(10-5-26)30-13-15-32(16-14-30)40-43-39(44-52-40)31-11-6-27(7-12-31)24-45(25-38(47)48)41(49)33-17-19-34(20-18-33)42-37(46)23-28-8-21-35(50-2)36(22-28)51-3/h4-22H,23-25H2,1-3H3,(H,42,46)(H,47,48). The number of aliphatic carboxylic acids is 1. The summed E-state index contributed by atoms with van der Waals surface area (Å²) < 4.78 is 16.1. The summed E-state index contributed by atoms with van der Waals surface area (Å²) >= 11 is 0. The molecule has 6 aromatic rings. The van der Waals surface area contributed by atoms with Crippen LogP contribution < -0.4 is 14.8 Å². The third-order valence-corrected chi connectivity index (χ3v) is 8.37. The van der Waals surface area contributed by atoms with Crippen LogP contribution in [0.4, 0.5) is 5.69 Å². The lowest BCUT2D eigenvalue weighted by Crippen LogP contribution is -2.35. The number of hydrogen-bond donors (Lipinski definition) is 2. The zero-order valence-electron chi connectivity index (χ0n) is 28.8. The summed E-state index contributed by atoms with van der Waals surface area (Å²) in [5.41, 5.74) is 7.12. The van der Waals surface area contributed by atoms with Gasteiger partial charge in [-0.1, -0.05) is 77.5 Å². The van der Waals surface area contributed by atoms with Gasteiger partial charge in [-0.05, 0) is 77.7 Å². The summed E-state index contributed by atoms with van der Waals surface area (Å²) in [6.07, 6.45) is 0.100. The average molecular weight is 697 g/mol. The first-order valence-electron chi connectivity index (χ1n) is 16.4. The molecule has 0 spiro atoms. The van der Waals surface area contributed by atoms with Crippen LogP contribution in [0.5, 0.6) is 11.5 Å². The molecule has 6 rings (SSSR count). The molecule has 0 aliphatic carbocycles. The van der Waals surface area contributed by atoms with Crippen LogP contribution in [-0.2, 0) is 22.6 Å². The average Bonchev–Trinajstić information content (AvgIpc) is 3.65. The number of carbonyl (C=O) groups excluding carboxylic acids is 2. The molecule has 11 nitrogen and oxygen atoms in total. The van der Waals surface area contributed by atoms with Crippen molar-refractivity contribution >= 4 is 23.5 Å². The maximum atomic E-state index is 13.4. The Kier molecular flexibility index (Phi) is 10.7. The highest BCUT2D eigenvalue weighted by Crippen LogP contribution is 2.29. The zero-order chi connectivity index (χ0) is 36.6. The van der Waals surface area contributed by atoms with E-state index < -0.39 is 18.4 Å². The van der Waals surface area contributed by atoms with Crippen LogP contribution >= 0.6 is 0 Å². The lowest BCUT2D eigenvalue weighted by molar-refractivity contribution is -0.137. The van der Waals surface area contributed by atoms with Crippen molar-refractivity contribution in [3.63, 3.8) is 0 Å². The number of benzene rings is 5. The van der Waals surface area contributed by atoms with Crippen molar-refractivity contribution in [2.75, 3.05) is 26.1 Å². The van der Waals surface area contributed by atoms with Gasteiger partial charge in [-0.25, -0.2) is 0 Å². The minimum atomic E-state index is -1.14. The molecular formula is C41H36N4O7. The van der Waals surface area contributed by atoms with E-state index in [1.54, 1.807) is 66.7 Å². The predicted molar refractivity (Wildman–Crippen MR) is 196 cm³/mol. The smallest absolute Gasteiger partial charge is 0.323 e. The van der Waals surface area contributed by atoms with Crippen molar-refractivity contribution in [3.8, 4) is 45.5 Å². The molecule has 5 aromatic carbocycles. The van der Waals surface area contributed by atoms with Crippen molar-refractivity contribution in [2.24, 2.45) is 0 Å². The van der Waals surface area contributed by atoms with E-state index in [0.717, 1.165) is 22.3 Å². The van der Waals surface area contributed by atoms with Crippen LogP contribution in [0.25, 0.3) is 34.0 Å². The fraction of sp³-hybridized carbons (Fsp3) is 0.146. The van der Waals surface area contributed by atoms with Gasteiger partial charge in [0, 0.05) is 28.9 Å². The summed E-state index contributed by atoms with van der Waals surface area (Å²) in [4.78, 5) is 43.7. The van der Waals surface area contributed by atoms with Gasteiger partial charge in [0.1, 0.15) is 6.54 Å². The lowest BCUT2D eigenvalue weighted by Gasteiger charge is -2.21. The minimum Gasteiger partial charge on any atom is -0.493 e. The molecule has 0 aliphatic rings. The Morgan fingerprint density at radius 1 is 0.731 bits per heavy atom. The Bertz CT molecular complexity index is 2180. The molecule has 0 bridgehead atoms. The number of rotatable bonds is 13. The summed E-state index contributed by atoms with van der Waals surface area (Å²) in [6.45, 7) is 1.61. The molecule has 0 aliphatic heterocycles. The van der Waals surface area contributed by atoms with Gasteiger partial charge < -0.3 is 29.3 Å².